The zero-order chi connectivity index (χ0) is 24.6. The van der Waals surface area contributed by atoms with Gasteiger partial charge in [-0.15, -0.1) is 12.4 Å². The van der Waals surface area contributed by atoms with Gasteiger partial charge in [-0.1, -0.05) is 67.1 Å². The summed E-state index contributed by atoms with van der Waals surface area (Å²) < 4.78 is 11.3. The molecule has 0 radical (unpaired) electrons. The van der Waals surface area contributed by atoms with Crippen LogP contribution in [0.25, 0.3) is 0 Å². The first-order chi connectivity index (χ1) is 17.0. The van der Waals surface area contributed by atoms with E-state index in [1.165, 1.54) is 0 Å². The van der Waals surface area contributed by atoms with Crippen LogP contribution in [0.15, 0.2) is 84.9 Å². The number of esters is 1. The van der Waals surface area contributed by atoms with E-state index in [4.69, 9.17) is 9.47 Å². The second kappa shape index (κ2) is 13.2. The highest BCUT2D eigenvalue weighted by molar-refractivity contribution is 5.96. The smallest absolute Gasteiger partial charge is 0.338 e. The predicted molar refractivity (Wildman–Crippen MR) is 144 cm³/mol. The maximum absolute atomic E-state index is 13.0. The van der Waals surface area contributed by atoms with Gasteiger partial charge < -0.3 is 9.47 Å². The van der Waals surface area contributed by atoms with E-state index in [0.29, 0.717) is 24.2 Å². The molecule has 1 heterocycles. The Hall–Kier alpha value is -3.15. The average Bonchev–Trinajstić information content (AvgIpc) is 2.91. The summed E-state index contributed by atoms with van der Waals surface area (Å²) in [6.45, 7) is 0. The molecule has 0 saturated carbocycles. The third-order valence-corrected chi connectivity index (χ3v) is 6.98. The fourth-order valence-electron chi connectivity index (χ4n) is 4.87. The number of hydrogen-bond acceptors (Lipinski definition) is 5. The Morgan fingerprint density at radius 2 is 1.47 bits per heavy atom. The molecule has 1 saturated heterocycles. The van der Waals surface area contributed by atoms with E-state index in [9.17, 15) is 9.59 Å². The van der Waals surface area contributed by atoms with E-state index >= 15 is 0 Å². The van der Waals surface area contributed by atoms with Gasteiger partial charge in [-0.05, 0) is 49.7 Å². The molecule has 6 heteroatoms. The number of likely N-dealkylation sites (tertiary alicyclic amines) is 1. The van der Waals surface area contributed by atoms with E-state index in [1.807, 2.05) is 60.7 Å². The lowest BCUT2D eigenvalue weighted by molar-refractivity contribution is 0.0116. The first-order valence-corrected chi connectivity index (χ1v) is 12.3. The molecular formula is C30H34ClNO4. The summed E-state index contributed by atoms with van der Waals surface area (Å²) in [4.78, 5) is 28.2. The lowest BCUT2D eigenvalue weighted by Crippen LogP contribution is -2.45. The summed E-state index contributed by atoms with van der Waals surface area (Å²) in [6, 6.07) is 26.8. The number of ether oxygens (including phenoxy) is 2. The van der Waals surface area contributed by atoms with Crippen molar-refractivity contribution < 1.29 is 19.1 Å². The molecule has 36 heavy (non-hydrogen) atoms. The summed E-state index contributed by atoms with van der Waals surface area (Å²) in [7, 11) is 3.69. The highest BCUT2D eigenvalue weighted by Gasteiger charge is 2.32. The molecule has 4 rings (SSSR count). The number of hydrogen-bond donors (Lipinski definition) is 0. The molecule has 1 aliphatic heterocycles. The molecule has 0 N–H and O–H groups in total. The summed E-state index contributed by atoms with van der Waals surface area (Å²) >= 11 is 0. The Balaban J connectivity index is 0.00000361. The minimum absolute atomic E-state index is 0. The van der Waals surface area contributed by atoms with E-state index in [1.54, 1.807) is 31.4 Å². The van der Waals surface area contributed by atoms with Crippen LogP contribution < -0.4 is 4.74 Å². The molecule has 1 fully saturated rings. The van der Waals surface area contributed by atoms with Gasteiger partial charge in [-0.3, -0.25) is 9.69 Å². The topological polar surface area (TPSA) is 55.8 Å². The van der Waals surface area contributed by atoms with Crippen LogP contribution in [0.2, 0.25) is 0 Å². The van der Waals surface area contributed by atoms with Crippen LogP contribution in [0.1, 0.15) is 64.5 Å². The van der Waals surface area contributed by atoms with Crippen molar-refractivity contribution in [2.45, 2.75) is 50.3 Å². The summed E-state index contributed by atoms with van der Waals surface area (Å²) in [5.74, 6) is 0.519. The third-order valence-electron chi connectivity index (χ3n) is 6.98. The number of ketones is 1. The molecule has 0 spiro atoms. The maximum Gasteiger partial charge on any atom is 0.338 e. The van der Waals surface area contributed by atoms with Gasteiger partial charge in [0.2, 0.25) is 0 Å². The first-order valence-electron chi connectivity index (χ1n) is 12.3. The second-order valence-electron chi connectivity index (χ2n) is 9.17. The molecule has 0 aromatic heterocycles. The Labute approximate surface area is 219 Å². The maximum atomic E-state index is 13.0. The summed E-state index contributed by atoms with van der Waals surface area (Å²) in [5, 5.41) is 0. The van der Waals surface area contributed by atoms with Crippen molar-refractivity contribution in [3.8, 4) is 5.75 Å². The molecule has 0 amide bonds. The molecule has 3 unspecified atom stereocenters. The number of carbonyl (C=O) groups excluding carboxylic acids is 2. The van der Waals surface area contributed by atoms with Crippen LogP contribution in [-0.2, 0) is 4.74 Å². The van der Waals surface area contributed by atoms with Crippen LogP contribution in [0.3, 0.4) is 0 Å². The van der Waals surface area contributed by atoms with Gasteiger partial charge in [0.05, 0.1) is 12.7 Å². The number of rotatable bonds is 9. The summed E-state index contributed by atoms with van der Waals surface area (Å²) in [6.07, 6.45) is 3.86. The van der Waals surface area contributed by atoms with Crippen molar-refractivity contribution in [1.82, 2.24) is 4.90 Å². The van der Waals surface area contributed by atoms with Crippen LogP contribution in [-0.4, -0.2) is 42.9 Å². The molecule has 3 aromatic carbocycles. The van der Waals surface area contributed by atoms with Crippen molar-refractivity contribution >= 4 is 24.2 Å². The van der Waals surface area contributed by atoms with Crippen molar-refractivity contribution in [1.29, 1.82) is 0 Å². The van der Waals surface area contributed by atoms with Gasteiger partial charge in [0.1, 0.15) is 11.9 Å². The lowest BCUT2D eigenvalue weighted by Gasteiger charge is -2.40. The van der Waals surface area contributed by atoms with E-state index in [2.05, 4.69) is 11.9 Å². The molecule has 3 aromatic rings. The van der Waals surface area contributed by atoms with Gasteiger partial charge in [0.15, 0.2) is 5.78 Å². The van der Waals surface area contributed by atoms with Crippen molar-refractivity contribution in [3.05, 3.63) is 102 Å². The van der Waals surface area contributed by atoms with Crippen LogP contribution in [0.5, 0.6) is 5.75 Å². The molecular weight excluding hydrogens is 474 g/mol. The Morgan fingerprint density at radius 3 is 2.11 bits per heavy atom. The minimum Gasteiger partial charge on any atom is -0.497 e. The molecule has 3 atom stereocenters. The van der Waals surface area contributed by atoms with Gasteiger partial charge in [0, 0.05) is 30.5 Å². The summed E-state index contributed by atoms with van der Waals surface area (Å²) in [5.41, 5.74) is 2.24. The molecule has 190 valence electrons. The molecule has 0 aliphatic carbocycles. The Morgan fingerprint density at radius 1 is 0.861 bits per heavy atom. The van der Waals surface area contributed by atoms with Gasteiger partial charge >= 0.3 is 5.97 Å². The van der Waals surface area contributed by atoms with Gasteiger partial charge in [-0.2, -0.15) is 0 Å². The number of methoxy groups -OCH3 is 1. The molecule has 0 bridgehead atoms. The fourth-order valence-corrected chi connectivity index (χ4v) is 4.87. The van der Waals surface area contributed by atoms with Crippen LogP contribution in [0, 0.1) is 0 Å². The predicted octanol–water partition coefficient (Wildman–Crippen LogP) is 6.53. The average molecular weight is 508 g/mol. The number of piperidine rings is 1. The number of Topliss-reactive ketones (excluding diaryl/α,β-unsaturated/α-hetero) is 1. The van der Waals surface area contributed by atoms with Crippen LogP contribution >= 0.6 is 12.4 Å². The van der Waals surface area contributed by atoms with Crippen molar-refractivity contribution in [2.75, 3.05) is 14.2 Å². The highest BCUT2D eigenvalue weighted by atomic mass is 35.5. The van der Waals surface area contributed by atoms with E-state index < -0.39 is 0 Å². The van der Waals surface area contributed by atoms with Gasteiger partial charge in [-0.25, -0.2) is 4.79 Å². The van der Waals surface area contributed by atoms with Crippen molar-refractivity contribution in [3.63, 3.8) is 0 Å². The number of benzene rings is 3. The zero-order valence-corrected chi connectivity index (χ0v) is 21.7. The third kappa shape index (κ3) is 6.96. The zero-order valence-electron chi connectivity index (χ0n) is 20.8. The monoisotopic (exact) mass is 507 g/mol. The largest absolute Gasteiger partial charge is 0.497 e. The molecule has 5 nitrogen and oxygen atoms in total. The SMILES string of the molecule is COc1ccc(C(=O)OC(CC2CCCC(CC(=O)c3ccccc3)N2C)c2ccccc2)cc1.Cl. The normalized spacial score (nSPS) is 18.5. The first kappa shape index (κ1) is 27.4. The second-order valence-corrected chi connectivity index (χ2v) is 9.17. The minimum atomic E-state index is -0.373. The highest BCUT2D eigenvalue weighted by Crippen LogP contribution is 2.33. The fraction of sp³-hybridized carbons (Fsp3) is 0.333. The lowest BCUT2D eigenvalue weighted by atomic mass is 9.88. The number of nitrogens with zero attached hydrogens (tertiary/aromatic N) is 1. The Bertz CT molecular complexity index is 1100. The number of halogens is 1. The van der Waals surface area contributed by atoms with E-state index in [-0.39, 0.29) is 42.3 Å². The van der Waals surface area contributed by atoms with Crippen LogP contribution in [0.4, 0.5) is 0 Å². The van der Waals surface area contributed by atoms with E-state index in [0.717, 1.165) is 30.4 Å². The number of carbonyl (C=O) groups is 2. The quantitative estimate of drug-likeness (QED) is 0.243. The van der Waals surface area contributed by atoms with Crippen molar-refractivity contribution in [2.24, 2.45) is 0 Å². The van der Waals surface area contributed by atoms with Gasteiger partial charge in [0.25, 0.3) is 0 Å². The standard InChI is InChI=1S/C30H33NO4.ClH/c1-31-25(20-28(32)22-10-5-3-6-11-22)14-9-15-26(31)21-29(23-12-7-4-8-13-23)35-30(33)24-16-18-27(34-2)19-17-24;/h3-8,10-13,16-19,25-26,29H,9,14-15,20-21H2,1-2H3;1H. The molecule has 1 aliphatic rings. The Kier molecular flexibility index (Phi) is 10.1.